The first kappa shape index (κ1) is 28.3. The number of amides is 1. The van der Waals surface area contributed by atoms with Gasteiger partial charge >= 0.3 is 10.2 Å². The van der Waals surface area contributed by atoms with Crippen molar-refractivity contribution in [2.24, 2.45) is 17.6 Å². The standard InChI is InChI=1S/C27H38FN5O4S/c1-17(2)16-37-22-11-19(10-20(28)12-22)24-7-6-23(25(30-24)33-14-18(3)13-27(33,4)5)26(34)31-38(35,36)32-9-8-21(29)15-32/h6-7,10-12,17-18,21H,8-9,13-16,29H2,1-5H3,(H,31,34). The van der Waals surface area contributed by atoms with E-state index >= 15 is 0 Å². The van der Waals surface area contributed by atoms with Gasteiger partial charge in [-0.1, -0.05) is 20.8 Å². The first-order valence-corrected chi connectivity index (χ1v) is 14.5. The summed E-state index contributed by atoms with van der Waals surface area (Å²) in [5.74, 6) is 0.134. The molecule has 9 nitrogen and oxygen atoms in total. The predicted octanol–water partition coefficient (Wildman–Crippen LogP) is 3.55. The van der Waals surface area contributed by atoms with Gasteiger partial charge in [-0.2, -0.15) is 12.7 Å². The molecule has 0 aliphatic carbocycles. The lowest BCUT2D eigenvalue weighted by Crippen LogP contribution is -2.44. The van der Waals surface area contributed by atoms with Crippen molar-refractivity contribution in [2.75, 3.05) is 31.1 Å². The largest absolute Gasteiger partial charge is 0.493 e. The fourth-order valence-corrected chi connectivity index (χ4v) is 6.42. The maximum atomic E-state index is 14.5. The molecule has 0 bridgehead atoms. The Hall–Kier alpha value is -2.76. The van der Waals surface area contributed by atoms with Crippen LogP contribution in [0, 0.1) is 17.7 Å². The van der Waals surface area contributed by atoms with Crippen LogP contribution in [0.3, 0.4) is 0 Å². The van der Waals surface area contributed by atoms with Gasteiger partial charge in [-0.15, -0.1) is 0 Å². The molecular formula is C27H38FN5O4S. The third kappa shape index (κ3) is 6.27. The van der Waals surface area contributed by atoms with E-state index in [4.69, 9.17) is 15.5 Å². The summed E-state index contributed by atoms with van der Waals surface area (Å²) < 4.78 is 49.4. The topological polar surface area (TPSA) is 118 Å². The number of nitrogens with one attached hydrogen (secondary N) is 1. The highest BCUT2D eigenvalue weighted by molar-refractivity contribution is 7.87. The predicted molar refractivity (Wildman–Crippen MR) is 146 cm³/mol. The van der Waals surface area contributed by atoms with E-state index in [9.17, 15) is 17.6 Å². The van der Waals surface area contributed by atoms with Crippen LogP contribution < -0.4 is 20.1 Å². The quantitative estimate of drug-likeness (QED) is 0.519. The number of halogens is 1. The van der Waals surface area contributed by atoms with Crippen LogP contribution >= 0.6 is 0 Å². The monoisotopic (exact) mass is 547 g/mol. The summed E-state index contributed by atoms with van der Waals surface area (Å²) in [7, 11) is -4.07. The first-order chi connectivity index (χ1) is 17.7. The van der Waals surface area contributed by atoms with Gasteiger partial charge in [-0.3, -0.25) is 4.79 Å². The number of ether oxygens (including phenoxy) is 1. The second kappa shape index (κ2) is 10.8. The van der Waals surface area contributed by atoms with E-state index in [0.29, 0.717) is 48.3 Å². The zero-order valence-electron chi connectivity index (χ0n) is 22.7. The van der Waals surface area contributed by atoms with Crippen LogP contribution in [0.25, 0.3) is 11.3 Å². The molecule has 2 fully saturated rings. The molecule has 38 heavy (non-hydrogen) atoms. The molecule has 11 heteroatoms. The Morgan fingerprint density at radius 2 is 2.00 bits per heavy atom. The van der Waals surface area contributed by atoms with Crippen molar-refractivity contribution in [3.63, 3.8) is 0 Å². The lowest BCUT2D eigenvalue weighted by atomic mass is 9.97. The Bertz CT molecular complexity index is 1300. The van der Waals surface area contributed by atoms with Crippen LogP contribution in [0.15, 0.2) is 30.3 Å². The lowest BCUT2D eigenvalue weighted by Gasteiger charge is -2.34. The number of hydrogen-bond acceptors (Lipinski definition) is 7. The van der Waals surface area contributed by atoms with Gasteiger partial charge in [0.2, 0.25) is 0 Å². The molecule has 1 aromatic heterocycles. The number of aromatic nitrogens is 1. The summed E-state index contributed by atoms with van der Waals surface area (Å²) in [6, 6.07) is 7.31. The molecule has 3 heterocycles. The van der Waals surface area contributed by atoms with E-state index in [-0.39, 0.29) is 36.2 Å². The Morgan fingerprint density at radius 1 is 1.26 bits per heavy atom. The normalized spacial score (nSPS) is 21.7. The van der Waals surface area contributed by atoms with Crippen molar-refractivity contribution < 1.29 is 22.3 Å². The number of nitrogens with zero attached hydrogens (tertiary/aromatic N) is 3. The average molecular weight is 548 g/mol. The van der Waals surface area contributed by atoms with Gasteiger partial charge in [0.1, 0.15) is 17.4 Å². The number of pyridine rings is 1. The van der Waals surface area contributed by atoms with Gasteiger partial charge in [0.15, 0.2) is 0 Å². The summed E-state index contributed by atoms with van der Waals surface area (Å²) >= 11 is 0. The number of benzene rings is 1. The van der Waals surface area contributed by atoms with Gasteiger partial charge < -0.3 is 15.4 Å². The van der Waals surface area contributed by atoms with Gasteiger partial charge in [-0.05, 0) is 62.8 Å². The summed E-state index contributed by atoms with van der Waals surface area (Å²) in [6.07, 6.45) is 1.41. The molecule has 2 saturated heterocycles. The Morgan fingerprint density at radius 3 is 2.61 bits per heavy atom. The number of carbonyl (C=O) groups excluding carboxylic acids is 1. The Labute approximate surface area is 224 Å². The van der Waals surface area contributed by atoms with Gasteiger partial charge in [0.25, 0.3) is 5.91 Å². The maximum Gasteiger partial charge on any atom is 0.304 e. The van der Waals surface area contributed by atoms with Crippen molar-refractivity contribution >= 4 is 21.9 Å². The molecule has 208 valence electrons. The molecule has 0 saturated carbocycles. The van der Waals surface area contributed by atoms with E-state index < -0.39 is 21.9 Å². The van der Waals surface area contributed by atoms with E-state index in [1.165, 1.54) is 16.4 Å². The highest BCUT2D eigenvalue weighted by Gasteiger charge is 2.40. The molecule has 2 unspecified atom stereocenters. The summed E-state index contributed by atoms with van der Waals surface area (Å²) in [5.41, 5.74) is 6.63. The minimum atomic E-state index is -4.07. The molecule has 3 N–H and O–H groups in total. The second-order valence-corrected chi connectivity index (χ2v) is 13.2. The fraction of sp³-hybridized carbons (Fsp3) is 0.556. The molecule has 0 radical (unpaired) electrons. The van der Waals surface area contributed by atoms with Crippen molar-refractivity contribution in [1.29, 1.82) is 0 Å². The summed E-state index contributed by atoms with van der Waals surface area (Å²) in [6.45, 7) is 11.8. The molecular weight excluding hydrogens is 509 g/mol. The molecule has 0 spiro atoms. The van der Waals surface area contributed by atoms with Crippen LogP contribution in [0.5, 0.6) is 5.75 Å². The smallest absolute Gasteiger partial charge is 0.304 e. The highest BCUT2D eigenvalue weighted by atomic mass is 32.2. The molecule has 1 amide bonds. The highest BCUT2D eigenvalue weighted by Crippen LogP contribution is 2.38. The number of carbonyl (C=O) groups is 1. The van der Waals surface area contributed by atoms with Crippen LogP contribution in [0.2, 0.25) is 0 Å². The van der Waals surface area contributed by atoms with Crippen LogP contribution in [-0.4, -0.2) is 61.4 Å². The van der Waals surface area contributed by atoms with Crippen LogP contribution in [0.4, 0.5) is 10.2 Å². The van der Waals surface area contributed by atoms with E-state index in [2.05, 4.69) is 25.5 Å². The third-order valence-electron chi connectivity index (χ3n) is 6.95. The van der Waals surface area contributed by atoms with Crippen LogP contribution in [0.1, 0.15) is 57.8 Å². The van der Waals surface area contributed by atoms with E-state index in [1.807, 2.05) is 18.7 Å². The lowest BCUT2D eigenvalue weighted by molar-refractivity contribution is 0.0979. The maximum absolute atomic E-state index is 14.5. The van der Waals surface area contributed by atoms with Crippen molar-refractivity contribution in [1.82, 2.24) is 14.0 Å². The molecule has 4 rings (SSSR count). The fourth-order valence-electron chi connectivity index (χ4n) is 5.22. The SMILES string of the molecule is CC(C)COc1cc(F)cc(-c2ccc(C(=O)NS(=O)(=O)N3CCC(N)C3)c(N3CC(C)CC3(C)C)n2)c1. The van der Waals surface area contributed by atoms with Crippen molar-refractivity contribution in [3.05, 3.63) is 41.7 Å². The number of anilines is 1. The van der Waals surface area contributed by atoms with Crippen LogP contribution in [-0.2, 0) is 10.2 Å². The Kier molecular flexibility index (Phi) is 8.02. The van der Waals surface area contributed by atoms with Crippen molar-refractivity contribution in [2.45, 2.75) is 59.0 Å². The molecule has 2 aliphatic rings. The molecule has 1 aromatic carbocycles. The average Bonchev–Trinajstić information content (AvgIpc) is 3.38. The minimum Gasteiger partial charge on any atom is -0.493 e. The van der Waals surface area contributed by atoms with E-state index in [1.54, 1.807) is 18.2 Å². The zero-order chi connectivity index (χ0) is 27.8. The number of rotatable bonds is 8. The molecule has 2 atom stereocenters. The number of nitrogens with two attached hydrogens (primary N) is 1. The summed E-state index contributed by atoms with van der Waals surface area (Å²) in [5, 5.41) is 0. The molecule has 2 aromatic rings. The van der Waals surface area contributed by atoms with Gasteiger partial charge in [0, 0.05) is 42.8 Å². The first-order valence-electron chi connectivity index (χ1n) is 13.1. The van der Waals surface area contributed by atoms with Crippen molar-refractivity contribution in [3.8, 4) is 17.0 Å². The second-order valence-electron chi connectivity index (χ2n) is 11.5. The van der Waals surface area contributed by atoms with Gasteiger partial charge in [-0.25, -0.2) is 14.1 Å². The molecule has 2 aliphatic heterocycles. The Balaban J connectivity index is 1.73. The third-order valence-corrected chi connectivity index (χ3v) is 8.40. The number of hydrogen-bond donors (Lipinski definition) is 2. The van der Waals surface area contributed by atoms with E-state index in [0.717, 1.165) is 6.42 Å². The summed E-state index contributed by atoms with van der Waals surface area (Å²) in [4.78, 5) is 20.2. The zero-order valence-corrected chi connectivity index (χ0v) is 23.5. The van der Waals surface area contributed by atoms with Gasteiger partial charge in [0.05, 0.1) is 17.9 Å². The minimum absolute atomic E-state index is 0.135.